The summed E-state index contributed by atoms with van der Waals surface area (Å²) in [5.74, 6) is 0.585. The summed E-state index contributed by atoms with van der Waals surface area (Å²) >= 11 is 0. The van der Waals surface area contributed by atoms with Crippen LogP contribution in [0.4, 0.5) is 0 Å². The van der Waals surface area contributed by atoms with Crippen LogP contribution in [0, 0.1) is 19.3 Å². The van der Waals surface area contributed by atoms with Gasteiger partial charge in [-0.25, -0.2) is 0 Å². The molecule has 2 heterocycles. The molecule has 2 aromatic heterocycles. The van der Waals surface area contributed by atoms with E-state index in [4.69, 9.17) is 15.9 Å². The maximum atomic E-state index is 7.63. The van der Waals surface area contributed by atoms with Crippen molar-refractivity contribution in [1.82, 2.24) is 9.97 Å². The summed E-state index contributed by atoms with van der Waals surface area (Å²) in [6.07, 6.45) is 2.47. The molecule has 0 radical (unpaired) electrons. The average molecular weight is 270 g/mol. The lowest BCUT2D eigenvalue weighted by molar-refractivity contribution is 0.319. The fourth-order valence-electron chi connectivity index (χ4n) is 2.05. The fraction of sp³-hybridized carbons (Fsp3) is 0.267. The molecule has 0 amide bonds. The largest absolute Gasteiger partial charge is 0.492 e. The third kappa shape index (κ3) is 3.32. The van der Waals surface area contributed by atoms with Crippen LogP contribution < -0.4 is 10.5 Å². The van der Waals surface area contributed by atoms with Crippen molar-refractivity contribution in [2.75, 3.05) is 6.61 Å². The van der Waals surface area contributed by atoms with E-state index in [2.05, 4.69) is 9.97 Å². The van der Waals surface area contributed by atoms with Crippen LogP contribution in [0.25, 0.3) is 0 Å². The van der Waals surface area contributed by atoms with E-state index >= 15 is 0 Å². The predicted octanol–water partition coefficient (Wildman–Crippen LogP) is 2.00. The van der Waals surface area contributed by atoms with Crippen LogP contribution in [0.2, 0.25) is 0 Å². The van der Waals surface area contributed by atoms with E-state index in [1.165, 1.54) is 0 Å². The van der Waals surface area contributed by atoms with E-state index in [-0.39, 0.29) is 5.84 Å². The van der Waals surface area contributed by atoms with Crippen LogP contribution >= 0.6 is 0 Å². The lowest BCUT2D eigenvalue weighted by atomic mass is 10.1. The number of rotatable bonds is 5. The molecule has 0 saturated carbocycles. The van der Waals surface area contributed by atoms with Crippen LogP contribution in [0.5, 0.6) is 5.75 Å². The van der Waals surface area contributed by atoms with Gasteiger partial charge in [-0.1, -0.05) is 6.07 Å². The Morgan fingerprint density at radius 3 is 2.80 bits per heavy atom. The summed E-state index contributed by atoms with van der Waals surface area (Å²) in [5.41, 5.74) is 8.70. The second-order valence-electron chi connectivity index (χ2n) is 4.56. The monoisotopic (exact) mass is 270 g/mol. The molecule has 5 heteroatoms. The molecular weight excluding hydrogens is 252 g/mol. The van der Waals surface area contributed by atoms with Crippen LogP contribution in [0.1, 0.15) is 22.6 Å². The molecule has 0 saturated heterocycles. The van der Waals surface area contributed by atoms with Crippen LogP contribution in [0.3, 0.4) is 0 Å². The van der Waals surface area contributed by atoms with Gasteiger partial charge in [0.1, 0.15) is 11.6 Å². The summed E-state index contributed by atoms with van der Waals surface area (Å²) in [6.45, 7) is 4.21. The van der Waals surface area contributed by atoms with Gasteiger partial charge < -0.3 is 10.5 Å². The number of nitrogens with one attached hydrogen (secondary N) is 1. The zero-order valence-corrected chi connectivity index (χ0v) is 11.7. The fourth-order valence-corrected chi connectivity index (χ4v) is 2.05. The van der Waals surface area contributed by atoms with Gasteiger partial charge in [0.15, 0.2) is 0 Å². The summed E-state index contributed by atoms with van der Waals surface area (Å²) in [6, 6.07) is 7.60. The standard InChI is InChI=1S/C15H18N4O/c1-10-9-13(14(15(16)17)11(2)19-10)20-8-6-12-5-3-4-7-18-12/h3-5,7,9H,6,8H2,1-2H3,(H3,16,17). The first kappa shape index (κ1) is 14.0. The topological polar surface area (TPSA) is 84.9 Å². The first-order chi connectivity index (χ1) is 9.58. The van der Waals surface area contributed by atoms with Gasteiger partial charge in [-0.05, 0) is 26.0 Å². The molecule has 20 heavy (non-hydrogen) atoms. The van der Waals surface area contributed by atoms with Crippen LogP contribution in [0.15, 0.2) is 30.5 Å². The van der Waals surface area contributed by atoms with E-state index in [9.17, 15) is 0 Å². The van der Waals surface area contributed by atoms with Crippen molar-refractivity contribution < 1.29 is 4.74 Å². The summed E-state index contributed by atoms with van der Waals surface area (Å²) < 4.78 is 5.76. The molecule has 104 valence electrons. The van der Waals surface area contributed by atoms with Gasteiger partial charge in [0.25, 0.3) is 0 Å². The zero-order chi connectivity index (χ0) is 14.5. The second-order valence-corrected chi connectivity index (χ2v) is 4.56. The Balaban J connectivity index is 2.11. The first-order valence-electron chi connectivity index (χ1n) is 6.43. The minimum atomic E-state index is -0.0252. The van der Waals surface area contributed by atoms with Crippen molar-refractivity contribution in [3.8, 4) is 5.75 Å². The molecule has 0 fully saturated rings. The zero-order valence-electron chi connectivity index (χ0n) is 11.7. The Morgan fingerprint density at radius 2 is 2.15 bits per heavy atom. The van der Waals surface area contributed by atoms with Gasteiger partial charge in [-0.3, -0.25) is 15.4 Å². The van der Waals surface area contributed by atoms with E-state index in [0.29, 0.717) is 30.0 Å². The van der Waals surface area contributed by atoms with Gasteiger partial charge in [-0.2, -0.15) is 0 Å². The number of nitrogen functional groups attached to an aromatic ring is 1. The Kier molecular flexibility index (Phi) is 4.30. The van der Waals surface area contributed by atoms with Crippen LogP contribution in [-0.4, -0.2) is 22.4 Å². The Hall–Kier alpha value is -2.43. The number of nitrogens with two attached hydrogens (primary N) is 1. The summed E-state index contributed by atoms with van der Waals surface area (Å²) in [4.78, 5) is 8.55. The minimum absolute atomic E-state index is 0.0252. The van der Waals surface area contributed by atoms with Crippen molar-refractivity contribution in [2.24, 2.45) is 5.73 Å². The Morgan fingerprint density at radius 1 is 1.35 bits per heavy atom. The van der Waals surface area contributed by atoms with Gasteiger partial charge in [0, 0.05) is 30.1 Å². The minimum Gasteiger partial charge on any atom is -0.492 e. The SMILES string of the molecule is Cc1cc(OCCc2ccccn2)c(C(=N)N)c(C)n1. The van der Waals surface area contributed by atoms with E-state index in [1.807, 2.05) is 38.1 Å². The molecule has 0 spiro atoms. The maximum Gasteiger partial charge on any atom is 0.133 e. The molecule has 0 aliphatic rings. The van der Waals surface area contributed by atoms with Crippen molar-refractivity contribution in [2.45, 2.75) is 20.3 Å². The number of ether oxygens (including phenoxy) is 1. The van der Waals surface area contributed by atoms with Gasteiger partial charge in [0.05, 0.1) is 17.9 Å². The van der Waals surface area contributed by atoms with Gasteiger partial charge in [-0.15, -0.1) is 0 Å². The summed E-state index contributed by atoms with van der Waals surface area (Å²) in [5, 5.41) is 7.63. The molecule has 0 bridgehead atoms. The van der Waals surface area contributed by atoms with E-state index < -0.39 is 0 Å². The molecule has 0 aliphatic carbocycles. The molecule has 0 aliphatic heterocycles. The molecule has 0 aromatic carbocycles. The van der Waals surface area contributed by atoms with Crippen molar-refractivity contribution in [1.29, 1.82) is 5.41 Å². The third-order valence-electron chi connectivity index (χ3n) is 2.90. The van der Waals surface area contributed by atoms with Crippen molar-refractivity contribution in [3.63, 3.8) is 0 Å². The Bertz CT molecular complexity index is 611. The predicted molar refractivity (Wildman–Crippen MR) is 78.2 cm³/mol. The second kappa shape index (κ2) is 6.14. The maximum absolute atomic E-state index is 7.63. The Labute approximate surface area is 118 Å². The highest BCUT2D eigenvalue weighted by Crippen LogP contribution is 2.21. The smallest absolute Gasteiger partial charge is 0.133 e. The van der Waals surface area contributed by atoms with Gasteiger partial charge in [0.2, 0.25) is 0 Å². The number of pyridine rings is 2. The number of hydrogen-bond donors (Lipinski definition) is 2. The van der Waals surface area contributed by atoms with Crippen LogP contribution in [-0.2, 0) is 6.42 Å². The third-order valence-corrected chi connectivity index (χ3v) is 2.90. The number of nitrogens with zero attached hydrogens (tertiary/aromatic N) is 2. The van der Waals surface area contributed by atoms with Gasteiger partial charge >= 0.3 is 0 Å². The number of amidine groups is 1. The summed E-state index contributed by atoms with van der Waals surface area (Å²) in [7, 11) is 0. The first-order valence-corrected chi connectivity index (χ1v) is 6.43. The van der Waals surface area contributed by atoms with Crippen molar-refractivity contribution in [3.05, 3.63) is 53.1 Å². The molecule has 0 unspecified atom stereocenters. The number of aryl methyl sites for hydroxylation is 2. The molecule has 3 N–H and O–H groups in total. The highest BCUT2D eigenvalue weighted by molar-refractivity contribution is 5.98. The number of aromatic nitrogens is 2. The normalized spacial score (nSPS) is 10.3. The molecule has 5 nitrogen and oxygen atoms in total. The van der Waals surface area contributed by atoms with E-state index in [0.717, 1.165) is 11.4 Å². The highest BCUT2D eigenvalue weighted by Gasteiger charge is 2.12. The lowest BCUT2D eigenvalue weighted by Gasteiger charge is -2.13. The molecule has 2 rings (SSSR count). The molecule has 2 aromatic rings. The van der Waals surface area contributed by atoms with E-state index in [1.54, 1.807) is 6.20 Å². The lowest BCUT2D eigenvalue weighted by Crippen LogP contribution is -2.17. The number of hydrogen-bond acceptors (Lipinski definition) is 4. The quantitative estimate of drug-likeness (QED) is 0.643. The molecular formula is C15H18N4O. The van der Waals surface area contributed by atoms with Crippen molar-refractivity contribution >= 4 is 5.84 Å². The highest BCUT2D eigenvalue weighted by atomic mass is 16.5. The molecule has 0 atom stereocenters. The average Bonchev–Trinajstić information content (AvgIpc) is 2.38.